The summed E-state index contributed by atoms with van der Waals surface area (Å²) in [5, 5.41) is 8.34. The van der Waals surface area contributed by atoms with E-state index in [1.54, 1.807) is 0 Å². The molecular weight excluding hydrogens is 1190 g/mol. The van der Waals surface area contributed by atoms with E-state index in [2.05, 4.69) is 78.7 Å². The maximum absolute atomic E-state index is 12.2. The van der Waals surface area contributed by atoms with Gasteiger partial charge in [-0.15, -0.1) is 12.4 Å². The van der Waals surface area contributed by atoms with Crippen LogP contribution >= 0.6 is 58.8 Å². The van der Waals surface area contributed by atoms with Crippen LogP contribution in [0.4, 0.5) is 0 Å². The maximum atomic E-state index is 12.2. The second-order valence-corrected chi connectivity index (χ2v) is 22.1. The van der Waals surface area contributed by atoms with Crippen molar-refractivity contribution in [3.8, 4) is 34.3 Å². The monoisotopic (exact) mass is 1270 g/mol. The van der Waals surface area contributed by atoms with E-state index in [4.69, 9.17) is 84.3 Å². The largest absolute Gasteiger partial charge is 0.475 e. The Bertz CT molecular complexity index is 2860. The number of amides is 2. The molecule has 0 fully saturated rings. The summed E-state index contributed by atoms with van der Waals surface area (Å²) in [6, 6.07) is 28.0. The summed E-state index contributed by atoms with van der Waals surface area (Å²) in [6.45, 7) is 9.34. The fourth-order valence-electron chi connectivity index (χ4n) is 10.0. The Labute approximate surface area is 524 Å². The van der Waals surface area contributed by atoms with Gasteiger partial charge in [-0.05, 0) is 96.7 Å². The van der Waals surface area contributed by atoms with Crippen LogP contribution in [0.15, 0.2) is 97.6 Å². The van der Waals surface area contributed by atoms with Crippen LogP contribution in [0.5, 0.6) is 11.8 Å². The SMILES string of the molecule is CN1Cc2c(Cl)cc(Cl)cc2[C@H](c2cccc(-c3cc(OCCOCCOCCOCCNC(=O)CCCCC(=O)NCCOCCOCCOCCOc4cc(-c5cccc([C@@H]6CN(C)Cc7c(Cl)cc(Cl)cc76)c5)ncn4)ncn3)c2)C1.Cl. The topological polar surface area (TPSA) is 190 Å². The lowest BCUT2D eigenvalue weighted by atomic mass is 9.84. The molecule has 18 nitrogen and oxygen atoms in total. The predicted molar refractivity (Wildman–Crippen MR) is 332 cm³/mol. The van der Waals surface area contributed by atoms with E-state index in [9.17, 15) is 9.59 Å². The second-order valence-electron chi connectivity index (χ2n) is 20.4. The van der Waals surface area contributed by atoms with Gasteiger partial charge in [-0.2, -0.15) is 0 Å². The second kappa shape index (κ2) is 36.1. The van der Waals surface area contributed by atoms with Crippen molar-refractivity contribution in [1.29, 1.82) is 0 Å². The molecule has 0 unspecified atom stereocenters. The zero-order valence-corrected chi connectivity index (χ0v) is 51.9. The van der Waals surface area contributed by atoms with Crippen LogP contribution in [-0.2, 0) is 51.1 Å². The lowest BCUT2D eigenvalue weighted by molar-refractivity contribution is -0.123. The maximum Gasteiger partial charge on any atom is 0.220 e. The minimum Gasteiger partial charge on any atom is -0.475 e. The molecule has 23 heteroatoms. The number of nitrogens with zero attached hydrogens (tertiary/aromatic N) is 6. The molecule has 2 atom stereocenters. The molecule has 0 saturated heterocycles. The Kier molecular flexibility index (Phi) is 28.6. The Balaban J connectivity index is 0.0000104. The molecule has 4 heterocycles. The zero-order valence-electron chi connectivity index (χ0n) is 48.0. The molecular formula is C62H75Cl5N8O10. The summed E-state index contributed by atoms with van der Waals surface area (Å²) in [6.07, 6.45) is 4.89. The number of ether oxygens (including phenoxy) is 8. The number of hydrogen-bond acceptors (Lipinski definition) is 16. The van der Waals surface area contributed by atoms with E-state index < -0.39 is 0 Å². The molecule has 4 aromatic carbocycles. The predicted octanol–water partition coefficient (Wildman–Crippen LogP) is 10.1. The first-order valence-corrected chi connectivity index (χ1v) is 29.9. The number of aromatic nitrogens is 4. The van der Waals surface area contributed by atoms with Gasteiger partial charge in [-0.25, -0.2) is 19.9 Å². The smallest absolute Gasteiger partial charge is 0.220 e. The van der Waals surface area contributed by atoms with Gasteiger partial charge in [0.05, 0.1) is 90.7 Å². The van der Waals surface area contributed by atoms with Crippen LogP contribution in [0, 0.1) is 0 Å². The molecule has 2 N–H and O–H groups in total. The van der Waals surface area contributed by atoms with E-state index in [1.165, 1.54) is 12.7 Å². The van der Waals surface area contributed by atoms with Crippen molar-refractivity contribution >= 4 is 70.6 Å². The molecule has 6 aromatic rings. The van der Waals surface area contributed by atoms with Crippen LogP contribution in [0.2, 0.25) is 20.1 Å². The molecule has 458 valence electrons. The highest BCUT2D eigenvalue weighted by Crippen LogP contribution is 2.41. The van der Waals surface area contributed by atoms with Crippen LogP contribution in [0.1, 0.15) is 70.9 Å². The van der Waals surface area contributed by atoms with Crippen LogP contribution in [0.3, 0.4) is 0 Å². The highest BCUT2D eigenvalue weighted by atomic mass is 35.5. The molecule has 2 aliphatic heterocycles. The number of fused-ring (bicyclic) bond motifs is 2. The number of rotatable bonds is 35. The molecule has 2 aliphatic rings. The fraction of sp³-hybridized carbons (Fsp3) is 0.452. The van der Waals surface area contributed by atoms with Crippen molar-refractivity contribution in [3.05, 3.63) is 151 Å². The number of carbonyl (C=O) groups is 2. The van der Waals surface area contributed by atoms with Crippen LogP contribution < -0.4 is 20.1 Å². The summed E-state index contributed by atoms with van der Waals surface area (Å²) >= 11 is 26.1. The van der Waals surface area contributed by atoms with Gasteiger partial charge in [0.2, 0.25) is 23.6 Å². The molecule has 0 radical (unpaired) electrons. The number of carbonyl (C=O) groups excluding carboxylic acids is 2. The minimum atomic E-state index is -0.0781. The van der Waals surface area contributed by atoms with E-state index in [0.29, 0.717) is 163 Å². The number of benzene rings is 4. The van der Waals surface area contributed by atoms with Gasteiger partial charge in [0.25, 0.3) is 0 Å². The summed E-state index contributed by atoms with van der Waals surface area (Å²) in [5.41, 5.74) is 10.2. The van der Waals surface area contributed by atoms with Crippen molar-refractivity contribution in [3.63, 3.8) is 0 Å². The third-order valence-electron chi connectivity index (χ3n) is 14.1. The average Bonchev–Trinajstić information content (AvgIpc) is 3.40. The highest BCUT2D eigenvalue weighted by Gasteiger charge is 2.29. The molecule has 0 aliphatic carbocycles. The Morgan fingerprint density at radius 2 is 0.871 bits per heavy atom. The summed E-state index contributed by atoms with van der Waals surface area (Å²) in [5.74, 6) is 0.989. The Morgan fingerprint density at radius 3 is 1.27 bits per heavy atom. The van der Waals surface area contributed by atoms with Crippen LogP contribution in [0.25, 0.3) is 22.5 Å². The summed E-state index contributed by atoms with van der Waals surface area (Å²) < 4.78 is 45.4. The number of unbranched alkanes of at least 4 members (excludes halogenated alkanes) is 1. The van der Waals surface area contributed by atoms with Gasteiger partial charge in [0.15, 0.2) is 0 Å². The van der Waals surface area contributed by atoms with Crippen molar-refractivity contribution in [2.75, 3.05) is 133 Å². The van der Waals surface area contributed by atoms with Crippen molar-refractivity contribution in [2.24, 2.45) is 0 Å². The minimum absolute atomic E-state index is 0. The molecule has 2 amide bonds. The first kappa shape index (κ1) is 67.2. The summed E-state index contributed by atoms with van der Waals surface area (Å²) in [4.78, 5) is 46.6. The highest BCUT2D eigenvalue weighted by molar-refractivity contribution is 6.35. The third kappa shape index (κ3) is 21.8. The quantitative estimate of drug-likeness (QED) is 0.0357. The lowest BCUT2D eigenvalue weighted by Gasteiger charge is -2.33. The number of nitrogens with one attached hydrogen (secondary N) is 2. The Morgan fingerprint density at radius 1 is 0.494 bits per heavy atom. The van der Waals surface area contributed by atoms with Gasteiger partial charge in [-0.1, -0.05) is 82.8 Å². The fourth-order valence-corrected chi connectivity index (χ4v) is 11.1. The first-order chi connectivity index (χ1) is 41.0. The normalized spacial score (nSPS) is 14.9. The van der Waals surface area contributed by atoms with Gasteiger partial charge < -0.3 is 58.3 Å². The zero-order chi connectivity index (χ0) is 58.9. The number of likely N-dealkylation sites (N-methyl/N-ethyl adjacent to an activating group) is 2. The van der Waals surface area contributed by atoms with Gasteiger partial charge >= 0.3 is 0 Å². The van der Waals surface area contributed by atoms with E-state index in [0.717, 1.165) is 82.1 Å². The average molecular weight is 1270 g/mol. The third-order valence-corrected chi connectivity index (χ3v) is 15.2. The van der Waals surface area contributed by atoms with Gasteiger partial charge in [-0.3, -0.25) is 9.59 Å². The first-order valence-electron chi connectivity index (χ1n) is 28.4. The van der Waals surface area contributed by atoms with Crippen molar-refractivity contribution < 1.29 is 47.5 Å². The van der Waals surface area contributed by atoms with Crippen molar-refractivity contribution in [2.45, 2.75) is 50.6 Å². The van der Waals surface area contributed by atoms with E-state index in [1.807, 2.05) is 60.7 Å². The van der Waals surface area contributed by atoms with Gasteiger partial charge in [0.1, 0.15) is 25.9 Å². The number of halogens is 5. The molecule has 0 bridgehead atoms. The van der Waals surface area contributed by atoms with Gasteiger partial charge in [0, 0.05) is 107 Å². The molecule has 85 heavy (non-hydrogen) atoms. The molecule has 0 spiro atoms. The summed E-state index contributed by atoms with van der Waals surface area (Å²) in [7, 11) is 4.19. The van der Waals surface area contributed by atoms with Crippen molar-refractivity contribution in [1.82, 2.24) is 40.4 Å². The number of hydrogen-bond donors (Lipinski definition) is 2. The van der Waals surface area contributed by atoms with E-state index >= 15 is 0 Å². The lowest BCUT2D eigenvalue weighted by Crippen LogP contribution is -2.31. The molecule has 2 aromatic heterocycles. The molecule has 0 saturated carbocycles. The standard InChI is InChI=1S/C62H74Cl4N8O10.ClH/c1-73-37-51(49-31-47(63)33-55(65)53(49)39-73)43-7-5-9-45(29-43)57-35-61(71-41-69-57)83-27-25-81-23-21-79-19-17-77-15-13-67-59(75)11-3-4-12-60(76)68-14-16-78-18-20-80-22-24-82-26-28-84-62-36-58(70-42-72-62)46-10-6-8-44(30-46)52-38-74(2)40-54-50(52)32-48(64)34-56(54)66;/h5-10,29-36,41-42,51-52H,3-4,11-28,37-40H2,1-2H3,(H,67,75)(H,68,76);1H/t51-,52-;/m0./s1. The van der Waals surface area contributed by atoms with E-state index in [-0.39, 0.29) is 36.1 Å². The van der Waals surface area contributed by atoms with Crippen LogP contribution in [-0.4, -0.2) is 174 Å². The molecule has 8 rings (SSSR count). The Hall–Kier alpha value is -5.29.